The van der Waals surface area contributed by atoms with Crippen molar-refractivity contribution in [1.29, 1.82) is 0 Å². The van der Waals surface area contributed by atoms with Crippen LogP contribution < -0.4 is 5.73 Å². The average molecular weight is 265 g/mol. The Morgan fingerprint density at radius 3 is 2.44 bits per heavy atom. The fourth-order valence-corrected chi connectivity index (χ4v) is 1.78. The summed E-state index contributed by atoms with van der Waals surface area (Å²) in [5, 5.41) is 12.9. The highest BCUT2D eigenvalue weighted by atomic mass is 19.4. The van der Waals surface area contributed by atoms with Gasteiger partial charge in [-0.15, -0.1) is 0 Å². The van der Waals surface area contributed by atoms with Crippen LogP contribution in [0.2, 0.25) is 0 Å². The molecule has 0 spiro atoms. The van der Waals surface area contributed by atoms with Crippen LogP contribution in [0.3, 0.4) is 0 Å². The predicted octanol–water partition coefficient (Wildman–Crippen LogP) is 1.81. The topological polar surface area (TPSA) is 64.1 Å². The molecule has 0 aliphatic heterocycles. The second-order valence-corrected chi connectivity index (χ2v) is 4.75. The highest BCUT2D eigenvalue weighted by molar-refractivity contribution is 5.09. The smallest absolute Gasteiger partial charge is 0.394 e. The van der Waals surface area contributed by atoms with Gasteiger partial charge in [0.1, 0.15) is 0 Å². The maximum Gasteiger partial charge on any atom is 0.419 e. The number of halogens is 3. The zero-order valence-corrected chi connectivity index (χ0v) is 10.4. The minimum absolute atomic E-state index is 0.298. The van der Waals surface area contributed by atoms with Crippen LogP contribution in [-0.4, -0.2) is 27.5 Å². The number of hydrogen-bond acceptors (Lipinski definition) is 3. The number of nitrogens with two attached hydrogens (primary N) is 1. The summed E-state index contributed by atoms with van der Waals surface area (Å²) in [4.78, 5) is 0. The van der Waals surface area contributed by atoms with Crippen molar-refractivity contribution in [3.8, 4) is 0 Å². The number of nitrogens with zero attached hydrogens (tertiary/aromatic N) is 2. The summed E-state index contributed by atoms with van der Waals surface area (Å²) >= 11 is 0. The molecule has 1 aromatic heterocycles. The number of hydrogen-bond donors (Lipinski definition) is 2. The molecule has 0 amide bonds. The molecule has 2 unspecified atom stereocenters. The highest BCUT2D eigenvalue weighted by Gasteiger charge is 2.33. The number of aromatic nitrogens is 2. The summed E-state index contributed by atoms with van der Waals surface area (Å²) in [6.07, 6.45) is -2.21. The van der Waals surface area contributed by atoms with Gasteiger partial charge in [-0.05, 0) is 12.3 Å². The Morgan fingerprint density at radius 1 is 1.44 bits per heavy atom. The minimum Gasteiger partial charge on any atom is -0.394 e. The van der Waals surface area contributed by atoms with Crippen molar-refractivity contribution in [2.45, 2.75) is 38.5 Å². The maximum absolute atomic E-state index is 12.4. The molecule has 4 nitrogen and oxygen atoms in total. The van der Waals surface area contributed by atoms with E-state index in [4.69, 9.17) is 5.73 Å². The lowest BCUT2D eigenvalue weighted by Gasteiger charge is -2.23. The van der Waals surface area contributed by atoms with E-state index in [0.29, 0.717) is 12.3 Å². The minimum atomic E-state index is -4.43. The molecule has 0 aliphatic carbocycles. The van der Waals surface area contributed by atoms with E-state index in [1.165, 1.54) is 0 Å². The molecule has 0 radical (unpaired) electrons. The van der Waals surface area contributed by atoms with Crippen molar-refractivity contribution in [2.24, 2.45) is 11.7 Å². The Balaban J connectivity index is 2.86. The zero-order valence-electron chi connectivity index (χ0n) is 10.4. The van der Waals surface area contributed by atoms with Crippen LogP contribution in [0.25, 0.3) is 0 Å². The molecule has 3 N–H and O–H groups in total. The lowest BCUT2D eigenvalue weighted by atomic mass is 9.99. The summed E-state index contributed by atoms with van der Waals surface area (Å²) in [6, 6.07) is -1.07. The molecule has 0 aliphatic rings. The van der Waals surface area contributed by atoms with E-state index in [1.807, 2.05) is 13.8 Å². The number of rotatable bonds is 5. The quantitative estimate of drug-likeness (QED) is 0.853. The van der Waals surface area contributed by atoms with Crippen molar-refractivity contribution < 1.29 is 18.3 Å². The van der Waals surface area contributed by atoms with Crippen molar-refractivity contribution in [2.75, 3.05) is 6.61 Å². The van der Waals surface area contributed by atoms with Crippen molar-refractivity contribution in [3.63, 3.8) is 0 Å². The SMILES string of the molecule is CC(C)CC(N)C(CO)n1cc(C(F)(F)F)cn1. The summed E-state index contributed by atoms with van der Waals surface area (Å²) < 4.78 is 38.4. The maximum atomic E-state index is 12.4. The van der Waals surface area contributed by atoms with Gasteiger partial charge >= 0.3 is 6.18 Å². The van der Waals surface area contributed by atoms with Gasteiger partial charge in [-0.2, -0.15) is 18.3 Å². The lowest BCUT2D eigenvalue weighted by molar-refractivity contribution is -0.137. The Labute approximate surface area is 104 Å². The first kappa shape index (κ1) is 15.0. The molecular formula is C11H18F3N3O. The molecule has 7 heteroatoms. The predicted molar refractivity (Wildman–Crippen MR) is 60.8 cm³/mol. The Morgan fingerprint density at radius 2 is 2.06 bits per heavy atom. The number of aliphatic hydroxyl groups is 1. The third kappa shape index (κ3) is 3.71. The van der Waals surface area contributed by atoms with Gasteiger partial charge in [0.25, 0.3) is 0 Å². The summed E-state index contributed by atoms with van der Waals surface area (Å²) in [5.74, 6) is 0.298. The first-order valence-electron chi connectivity index (χ1n) is 5.73. The highest BCUT2D eigenvalue weighted by Crippen LogP contribution is 2.29. The monoisotopic (exact) mass is 265 g/mol. The number of aliphatic hydroxyl groups excluding tert-OH is 1. The molecule has 104 valence electrons. The van der Waals surface area contributed by atoms with Gasteiger partial charge in [0.05, 0.1) is 24.4 Å². The molecule has 0 saturated carbocycles. The normalized spacial score (nSPS) is 16.0. The van der Waals surface area contributed by atoms with E-state index in [-0.39, 0.29) is 6.61 Å². The lowest BCUT2D eigenvalue weighted by Crippen LogP contribution is -2.36. The van der Waals surface area contributed by atoms with Crippen LogP contribution in [0.15, 0.2) is 12.4 Å². The molecule has 1 aromatic rings. The van der Waals surface area contributed by atoms with E-state index < -0.39 is 23.8 Å². The summed E-state index contributed by atoms with van der Waals surface area (Å²) in [7, 11) is 0. The van der Waals surface area contributed by atoms with E-state index in [1.54, 1.807) is 0 Å². The molecule has 0 bridgehead atoms. The molecular weight excluding hydrogens is 247 g/mol. The molecule has 0 saturated heterocycles. The van der Waals surface area contributed by atoms with Gasteiger partial charge in [-0.25, -0.2) is 0 Å². The van der Waals surface area contributed by atoms with Gasteiger partial charge in [-0.1, -0.05) is 13.8 Å². The third-order valence-electron chi connectivity index (χ3n) is 2.69. The first-order chi connectivity index (χ1) is 8.25. The Bertz CT molecular complexity index is 376. The molecule has 2 atom stereocenters. The van der Waals surface area contributed by atoms with Crippen molar-refractivity contribution >= 4 is 0 Å². The van der Waals surface area contributed by atoms with Crippen LogP contribution in [-0.2, 0) is 6.18 Å². The van der Waals surface area contributed by atoms with E-state index in [2.05, 4.69) is 5.10 Å². The number of alkyl halides is 3. The molecule has 18 heavy (non-hydrogen) atoms. The second kappa shape index (κ2) is 5.71. The fourth-order valence-electron chi connectivity index (χ4n) is 1.78. The van der Waals surface area contributed by atoms with Gasteiger partial charge in [0.15, 0.2) is 0 Å². The molecule has 0 aromatic carbocycles. The average Bonchev–Trinajstić information content (AvgIpc) is 2.66. The van der Waals surface area contributed by atoms with Gasteiger partial charge in [0, 0.05) is 12.2 Å². The summed E-state index contributed by atoms with van der Waals surface area (Å²) in [6.45, 7) is 3.57. The Kier molecular flexibility index (Phi) is 4.75. The van der Waals surface area contributed by atoms with Crippen LogP contribution in [0, 0.1) is 5.92 Å². The van der Waals surface area contributed by atoms with Crippen LogP contribution in [0.1, 0.15) is 31.9 Å². The summed E-state index contributed by atoms with van der Waals surface area (Å²) in [5.41, 5.74) is 5.04. The largest absolute Gasteiger partial charge is 0.419 e. The Hall–Kier alpha value is -1.08. The molecule has 1 heterocycles. The molecule has 1 rings (SSSR count). The van der Waals surface area contributed by atoms with Crippen molar-refractivity contribution in [3.05, 3.63) is 18.0 Å². The zero-order chi connectivity index (χ0) is 13.9. The van der Waals surface area contributed by atoms with Crippen molar-refractivity contribution in [1.82, 2.24) is 9.78 Å². The van der Waals surface area contributed by atoms with Gasteiger partial charge in [0.2, 0.25) is 0 Å². The van der Waals surface area contributed by atoms with Crippen LogP contribution in [0.5, 0.6) is 0 Å². The fraction of sp³-hybridized carbons (Fsp3) is 0.727. The first-order valence-corrected chi connectivity index (χ1v) is 5.73. The van der Waals surface area contributed by atoms with E-state index >= 15 is 0 Å². The standard InChI is InChI=1S/C11H18F3N3O/c1-7(2)3-9(15)10(6-18)17-5-8(4-16-17)11(12,13)14/h4-5,7,9-10,18H,3,6,15H2,1-2H3. The van der Waals surface area contributed by atoms with E-state index in [9.17, 15) is 18.3 Å². The van der Waals surface area contributed by atoms with Gasteiger partial charge in [-0.3, -0.25) is 4.68 Å². The van der Waals surface area contributed by atoms with E-state index in [0.717, 1.165) is 17.1 Å². The molecule has 0 fully saturated rings. The van der Waals surface area contributed by atoms with Crippen LogP contribution >= 0.6 is 0 Å². The third-order valence-corrected chi connectivity index (χ3v) is 2.69. The second-order valence-electron chi connectivity index (χ2n) is 4.75. The van der Waals surface area contributed by atoms with Crippen LogP contribution in [0.4, 0.5) is 13.2 Å². The van der Waals surface area contributed by atoms with Gasteiger partial charge < -0.3 is 10.8 Å².